The first-order valence-electron chi connectivity index (χ1n) is 7.62. The SMILES string of the molecule is CCOC(=O)C(C#N)C1c2ccccc2COc2ccccc21. The number of esters is 1. The van der Waals surface area contributed by atoms with Crippen LogP contribution in [0, 0.1) is 17.2 Å². The van der Waals surface area contributed by atoms with Gasteiger partial charge in [-0.3, -0.25) is 4.79 Å². The van der Waals surface area contributed by atoms with Gasteiger partial charge in [0, 0.05) is 11.5 Å². The van der Waals surface area contributed by atoms with Crippen LogP contribution < -0.4 is 4.74 Å². The summed E-state index contributed by atoms with van der Waals surface area (Å²) in [4.78, 5) is 12.3. The molecule has 0 fully saturated rings. The Morgan fingerprint density at radius 2 is 1.96 bits per heavy atom. The molecule has 2 unspecified atom stereocenters. The van der Waals surface area contributed by atoms with Gasteiger partial charge < -0.3 is 9.47 Å². The third-order valence-electron chi connectivity index (χ3n) is 4.04. The second-order valence-corrected chi connectivity index (χ2v) is 5.36. The maximum atomic E-state index is 12.3. The highest BCUT2D eigenvalue weighted by molar-refractivity contribution is 5.78. The normalized spacial score (nSPS) is 16.8. The van der Waals surface area contributed by atoms with Crippen LogP contribution in [0.25, 0.3) is 0 Å². The van der Waals surface area contributed by atoms with Crippen molar-refractivity contribution in [1.29, 1.82) is 5.26 Å². The van der Waals surface area contributed by atoms with E-state index in [9.17, 15) is 10.1 Å². The van der Waals surface area contributed by atoms with Crippen LogP contribution in [-0.2, 0) is 16.1 Å². The van der Waals surface area contributed by atoms with E-state index in [0.717, 1.165) is 16.7 Å². The number of para-hydroxylation sites is 1. The maximum absolute atomic E-state index is 12.3. The van der Waals surface area contributed by atoms with Crippen molar-refractivity contribution in [3.8, 4) is 11.8 Å². The zero-order chi connectivity index (χ0) is 16.2. The third-order valence-corrected chi connectivity index (χ3v) is 4.04. The lowest BCUT2D eigenvalue weighted by Gasteiger charge is -2.22. The molecule has 0 N–H and O–H groups in total. The molecule has 4 heteroatoms. The van der Waals surface area contributed by atoms with E-state index in [2.05, 4.69) is 6.07 Å². The lowest BCUT2D eigenvalue weighted by molar-refractivity contribution is -0.146. The van der Waals surface area contributed by atoms with Gasteiger partial charge in [0.15, 0.2) is 5.92 Å². The first kappa shape index (κ1) is 15.1. The zero-order valence-electron chi connectivity index (χ0n) is 12.9. The molecule has 0 radical (unpaired) electrons. The number of ether oxygens (including phenoxy) is 2. The second kappa shape index (κ2) is 6.53. The number of benzene rings is 2. The summed E-state index contributed by atoms with van der Waals surface area (Å²) in [5, 5.41) is 9.63. The van der Waals surface area contributed by atoms with E-state index in [1.54, 1.807) is 6.92 Å². The van der Waals surface area contributed by atoms with Gasteiger partial charge in [0.1, 0.15) is 12.4 Å². The molecule has 2 aromatic carbocycles. The molecule has 1 aliphatic rings. The molecule has 0 aliphatic carbocycles. The third kappa shape index (κ3) is 2.78. The Kier molecular flexibility index (Phi) is 4.29. The van der Waals surface area contributed by atoms with E-state index < -0.39 is 17.8 Å². The van der Waals surface area contributed by atoms with E-state index in [0.29, 0.717) is 12.4 Å². The lowest BCUT2D eigenvalue weighted by atomic mass is 9.79. The number of carbonyl (C=O) groups excluding carboxylic acids is 1. The first-order chi connectivity index (χ1) is 11.3. The van der Waals surface area contributed by atoms with Gasteiger partial charge in [-0.1, -0.05) is 42.5 Å². The summed E-state index contributed by atoms with van der Waals surface area (Å²) in [5.41, 5.74) is 2.77. The van der Waals surface area contributed by atoms with Crippen molar-refractivity contribution >= 4 is 5.97 Å². The molecule has 0 aromatic heterocycles. The minimum absolute atomic E-state index is 0.253. The van der Waals surface area contributed by atoms with Crippen molar-refractivity contribution in [2.45, 2.75) is 19.4 Å². The fourth-order valence-corrected chi connectivity index (χ4v) is 3.02. The predicted octanol–water partition coefficient (Wildman–Crippen LogP) is 3.41. The van der Waals surface area contributed by atoms with Gasteiger partial charge >= 0.3 is 5.97 Å². The van der Waals surface area contributed by atoms with Crippen LogP contribution in [0.4, 0.5) is 0 Å². The number of hydrogen-bond donors (Lipinski definition) is 0. The van der Waals surface area contributed by atoms with Crippen molar-refractivity contribution in [3.63, 3.8) is 0 Å². The van der Waals surface area contributed by atoms with Gasteiger partial charge in [0.2, 0.25) is 0 Å². The average Bonchev–Trinajstić information content (AvgIpc) is 2.74. The molecule has 0 saturated heterocycles. The Hall–Kier alpha value is -2.80. The number of nitrogens with zero attached hydrogens (tertiary/aromatic N) is 1. The van der Waals surface area contributed by atoms with Crippen LogP contribution in [0.1, 0.15) is 29.5 Å². The van der Waals surface area contributed by atoms with E-state index in [-0.39, 0.29) is 6.61 Å². The van der Waals surface area contributed by atoms with Crippen LogP contribution in [0.5, 0.6) is 5.75 Å². The summed E-state index contributed by atoms with van der Waals surface area (Å²) in [5.74, 6) is -1.09. The molecule has 23 heavy (non-hydrogen) atoms. The number of carbonyl (C=O) groups is 1. The van der Waals surface area contributed by atoms with E-state index in [1.807, 2.05) is 48.5 Å². The quantitative estimate of drug-likeness (QED) is 0.815. The van der Waals surface area contributed by atoms with Crippen molar-refractivity contribution in [1.82, 2.24) is 0 Å². The smallest absolute Gasteiger partial charge is 0.324 e. The monoisotopic (exact) mass is 307 g/mol. The highest BCUT2D eigenvalue weighted by Crippen LogP contribution is 2.41. The largest absolute Gasteiger partial charge is 0.489 e. The molecule has 4 nitrogen and oxygen atoms in total. The summed E-state index contributed by atoms with van der Waals surface area (Å²) < 4.78 is 11.0. The molecule has 116 valence electrons. The van der Waals surface area contributed by atoms with Crippen molar-refractivity contribution in [2.75, 3.05) is 6.61 Å². The number of rotatable bonds is 3. The Bertz CT molecular complexity index is 716. The van der Waals surface area contributed by atoms with Gasteiger partial charge in [-0.2, -0.15) is 5.26 Å². The summed E-state index contributed by atoms with van der Waals surface area (Å²) in [6, 6.07) is 17.5. The maximum Gasteiger partial charge on any atom is 0.324 e. The van der Waals surface area contributed by atoms with Crippen molar-refractivity contribution < 1.29 is 14.3 Å². The Morgan fingerprint density at radius 3 is 2.70 bits per heavy atom. The number of nitriles is 1. The molecule has 3 rings (SSSR count). The van der Waals surface area contributed by atoms with Crippen LogP contribution in [0.2, 0.25) is 0 Å². The van der Waals surface area contributed by atoms with Gasteiger partial charge in [-0.25, -0.2) is 0 Å². The van der Waals surface area contributed by atoms with Crippen molar-refractivity contribution in [3.05, 3.63) is 65.2 Å². The minimum atomic E-state index is -0.904. The predicted molar refractivity (Wildman–Crippen MR) is 84.8 cm³/mol. The molecule has 0 amide bonds. The summed E-state index contributed by atoms with van der Waals surface area (Å²) in [6.45, 7) is 2.42. The second-order valence-electron chi connectivity index (χ2n) is 5.36. The van der Waals surface area contributed by atoms with Gasteiger partial charge in [-0.15, -0.1) is 0 Å². The topological polar surface area (TPSA) is 59.3 Å². The Morgan fingerprint density at radius 1 is 1.26 bits per heavy atom. The van der Waals surface area contributed by atoms with Gasteiger partial charge in [-0.05, 0) is 24.1 Å². The number of fused-ring (bicyclic) bond motifs is 2. The lowest BCUT2D eigenvalue weighted by Crippen LogP contribution is -2.24. The molecule has 2 atom stereocenters. The molecule has 0 bridgehead atoms. The fraction of sp³-hybridized carbons (Fsp3) is 0.263. The van der Waals surface area contributed by atoms with E-state index >= 15 is 0 Å². The Labute approximate surface area is 135 Å². The van der Waals surface area contributed by atoms with Crippen LogP contribution >= 0.6 is 0 Å². The zero-order valence-corrected chi connectivity index (χ0v) is 12.9. The van der Waals surface area contributed by atoms with Gasteiger partial charge in [0.05, 0.1) is 12.7 Å². The highest BCUT2D eigenvalue weighted by atomic mass is 16.5. The van der Waals surface area contributed by atoms with Gasteiger partial charge in [0.25, 0.3) is 0 Å². The summed E-state index contributed by atoms with van der Waals surface area (Å²) >= 11 is 0. The Balaban J connectivity index is 2.17. The van der Waals surface area contributed by atoms with Crippen LogP contribution in [-0.4, -0.2) is 12.6 Å². The average molecular weight is 307 g/mol. The molecule has 2 aromatic rings. The number of hydrogen-bond acceptors (Lipinski definition) is 4. The van der Waals surface area contributed by atoms with E-state index in [1.165, 1.54) is 0 Å². The molecular formula is C19H17NO3. The molecule has 1 aliphatic heterocycles. The van der Waals surface area contributed by atoms with Crippen LogP contribution in [0.15, 0.2) is 48.5 Å². The molecular weight excluding hydrogens is 290 g/mol. The summed E-state index contributed by atoms with van der Waals surface area (Å²) in [6.07, 6.45) is 0. The van der Waals surface area contributed by atoms with Crippen LogP contribution in [0.3, 0.4) is 0 Å². The molecule has 0 spiro atoms. The van der Waals surface area contributed by atoms with E-state index in [4.69, 9.17) is 9.47 Å². The summed E-state index contributed by atoms with van der Waals surface area (Å²) in [7, 11) is 0. The fourth-order valence-electron chi connectivity index (χ4n) is 3.02. The minimum Gasteiger partial charge on any atom is -0.489 e. The van der Waals surface area contributed by atoms with Crippen molar-refractivity contribution in [2.24, 2.45) is 5.92 Å². The molecule has 0 saturated carbocycles. The standard InChI is InChI=1S/C19H17NO3/c1-2-22-19(21)16(11-20)18-14-8-4-3-7-13(14)12-23-17-10-6-5-9-15(17)18/h3-10,16,18H,2,12H2,1H3. The molecule has 1 heterocycles. The highest BCUT2D eigenvalue weighted by Gasteiger charge is 2.36. The first-order valence-corrected chi connectivity index (χ1v) is 7.62.